The van der Waals surface area contributed by atoms with Crippen LogP contribution in [0.4, 0.5) is 0 Å². The molecule has 3 aromatic rings. The van der Waals surface area contributed by atoms with Gasteiger partial charge in [-0.1, -0.05) is 12.1 Å². The van der Waals surface area contributed by atoms with Crippen LogP contribution in [0, 0.1) is 0 Å². The van der Waals surface area contributed by atoms with Gasteiger partial charge in [-0.25, -0.2) is 18.4 Å². The van der Waals surface area contributed by atoms with Gasteiger partial charge in [0, 0.05) is 30.5 Å². The summed E-state index contributed by atoms with van der Waals surface area (Å²) in [6.45, 7) is 0.664. The van der Waals surface area contributed by atoms with Crippen LogP contribution in [0.25, 0.3) is 0 Å². The summed E-state index contributed by atoms with van der Waals surface area (Å²) >= 11 is 1.12. The van der Waals surface area contributed by atoms with Crippen molar-refractivity contribution in [2.75, 3.05) is 0 Å². The Morgan fingerprint density at radius 1 is 1.15 bits per heavy atom. The second-order valence-electron chi connectivity index (χ2n) is 4.18. The van der Waals surface area contributed by atoms with E-state index in [2.05, 4.69) is 9.97 Å². The molecule has 7 heteroatoms. The Balaban J connectivity index is 1.86. The first-order valence-corrected chi connectivity index (χ1v) is 8.22. The number of imidazole rings is 1. The monoisotopic (exact) mass is 305 g/mol. The largest absolute Gasteiger partial charge is 0.333 e. The molecular weight excluding hydrogens is 294 g/mol. The van der Waals surface area contributed by atoms with Crippen molar-refractivity contribution in [1.29, 1.82) is 0 Å². The minimum Gasteiger partial charge on any atom is -0.333 e. The van der Waals surface area contributed by atoms with Crippen LogP contribution in [0.2, 0.25) is 0 Å². The highest BCUT2D eigenvalue weighted by atomic mass is 32.2. The lowest BCUT2D eigenvalue weighted by molar-refractivity contribution is 0.595. The first kappa shape index (κ1) is 13.0. The average molecular weight is 305 g/mol. The molecule has 0 aliphatic heterocycles. The molecule has 5 nitrogen and oxygen atoms in total. The average Bonchev–Trinajstić information content (AvgIpc) is 3.12. The van der Waals surface area contributed by atoms with Gasteiger partial charge in [-0.15, -0.1) is 11.3 Å². The second kappa shape index (κ2) is 5.18. The van der Waals surface area contributed by atoms with Crippen LogP contribution in [-0.2, 0) is 16.4 Å². The molecule has 0 aliphatic carbocycles. The minimum atomic E-state index is -3.49. The van der Waals surface area contributed by atoms with Gasteiger partial charge in [-0.2, -0.15) is 0 Å². The lowest BCUT2D eigenvalue weighted by Crippen LogP contribution is -2.02. The Kier molecular flexibility index (Phi) is 3.37. The van der Waals surface area contributed by atoms with Crippen molar-refractivity contribution in [2.24, 2.45) is 0 Å². The highest BCUT2D eigenvalue weighted by Crippen LogP contribution is 2.22. The zero-order chi connectivity index (χ0) is 14.0. The number of nitrogens with zero attached hydrogens (tertiary/aromatic N) is 3. The van der Waals surface area contributed by atoms with Crippen LogP contribution >= 0.6 is 11.3 Å². The summed E-state index contributed by atoms with van der Waals surface area (Å²) in [5, 5.41) is 1.65. The standard InChI is InChI=1S/C13H11N3O2S2/c17-20(18,13-15-6-8-19-13)12-3-1-11(2-4-12)9-16-7-5-14-10-16/h1-8,10H,9H2. The van der Waals surface area contributed by atoms with Gasteiger partial charge in [-0.05, 0) is 17.7 Å². The Bertz CT molecular complexity index is 777. The van der Waals surface area contributed by atoms with Gasteiger partial charge >= 0.3 is 0 Å². The van der Waals surface area contributed by atoms with Crippen molar-refractivity contribution in [3.63, 3.8) is 0 Å². The topological polar surface area (TPSA) is 64.8 Å². The Hall–Kier alpha value is -1.99. The number of thiazole rings is 1. The molecule has 3 rings (SSSR count). The SMILES string of the molecule is O=S(=O)(c1ccc(Cn2ccnc2)cc1)c1nccs1. The van der Waals surface area contributed by atoms with E-state index in [9.17, 15) is 8.42 Å². The molecule has 0 fully saturated rings. The lowest BCUT2D eigenvalue weighted by Gasteiger charge is -2.04. The van der Waals surface area contributed by atoms with Crippen LogP contribution < -0.4 is 0 Å². The summed E-state index contributed by atoms with van der Waals surface area (Å²) in [5.41, 5.74) is 1.01. The maximum Gasteiger partial charge on any atom is 0.233 e. The van der Waals surface area contributed by atoms with Crippen molar-refractivity contribution in [3.05, 3.63) is 60.1 Å². The third-order valence-corrected chi connectivity index (χ3v) is 5.77. The molecule has 102 valence electrons. The fourth-order valence-corrected chi connectivity index (χ4v) is 4.03. The van der Waals surface area contributed by atoms with Gasteiger partial charge in [0.1, 0.15) is 0 Å². The molecule has 0 atom stereocenters. The van der Waals surface area contributed by atoms with E-state index in [4.69, 9.17) is 0 Å². The third-order valence-electron chi connectivity index (χ3n) is 2.80. The van der Waals surface area contributed by atoms with Gasteiger partial charge in [0.05, 0.1) is 11.2 Å². The Morgan fingerprint density at radius 3 is 2.55 bits per heavy atom. The van der Waals surface area contributed by atoms with E-state index < -0.39 is 9.84 Å². The summed E-state index contributed by atoms with van der Waals surface area (Å²) in [6.07, 6.45) is 6.78. The maximum absolute atomic E-state index is 12.3. The highest BCUT2D eigenvalue weighted by molar-refractivity contribution is 7.93. The van der Waals surface area contributed by atoms with Crippen molar-refractivity contribution in [3.8, 4) is 0 Å². The molecule has 0 unspecified atom stereocenters. The summed E-state index contributed by atoms with van der Waals surface area (Å²) in [5.74, 6) is 0. The van der Waals surface area contributed by atoms with Crippen LogP contribution in [0.1, 0.15) is 5.56 Å². The number of benzene rings is 1. The van der Waals surface area contributed by atoms with E-state index in [1.165, 1.54) is 6.20 Å². The highest BCUT2D eigenvalue weighted by Gasteiger charge is 2.19. The van der Waals surface area contributed by atoms with E-state index in [0.29, 0.717) is 6.54 Å². The zero-order valence-electron chi connectivity index (χ0n) is 10.4. The van der Waals surface area contributed by atoms with Gasteiger partial charge < -0.3 is 4.57 Å². The van der Waals surface area contributed by atoms with Gasteiger partial charge in [0.2, 0.25) is 14.2 Å². The molecule has 0 N–H and O–H groups in total. The van der Waals surface area contributed by atoms with Crippen molar-refractivity contribution < 1.29 is 8.42 Å². The minimum absolute atomic E-state index is 0.125. The first-order valence-electron chi connectivity index (χ1n) is 5.85. The number of hydrogen-bond donors (Lipinski definition) is 0. The molecule has 0 radical (unpaired) electrons. The number of rotatable bonds is 4. The zero-order valence-corrected chi connectivity index (χ0v) is 12.0. The van der Waals surface area contributed by atoms with Crippen LogP contribution in [0.15, 0.2) is 63.8 Å². The third kappa shape index (κ3) is 2.50. The van der Waals surface area contributed by atoms with Gasteiger partial charge in [0.15, 0.2) is 0 Å². The number of sulfone groups is 1. The van der Waals surface area contributed by atoms with Crippen molar-refractivity contribution >= 4 is 21.2 Å². The molecule has 0 aliphatic rings. The molecule has 20 heavy (non-hydrogen) atoms. The van der Waals surface area contributed by atoms with E-state index in [0.717, 1.165) is 16.9 Å². The Labute approximate surface area is 120 Å². The fourth-order valence-electron chi connectivity index (χ4n) is 1.81. The molecular formula is C13H11N3O2S2. The molecule has 0 spiro atoms. The van der Waals surface area contributed by atoms with Crippen LogP contribution in [0.3, 0.4) is 0 Å². The van der Waals surface area contributed by atoms with Crippen molar-refractivity contribution in [2.45, 2.75) is 15.8 Å². The van der Waals surface area contributed by atoms with E-state index in [1.807, 2.05) is 10.8 Å². The summed E-state index contributed by atoms with van der Waals surface area (Å²) in [4.78, 5) is 8.10. The second-order valence-corrected chi connectivity index (χ2v) is 7.20. The molecule has 0 bridgehead atoms. The number of hydrogen-bond acceptors (Lipinski definition) is 5. The smallest absolute Gasteiger partial charge is 0.233 e. The molecule has 0 saturated heterocycles. The first-order chi connectivity index (χ1) is 9.66. The maximum atomic E-state index is 12.3. The lowest BCUT2D eigenvalue weighted by atomic mass is 10.2. The molecule has 1 aromatic carbocycles. The van der Waals surface area contributed by atoms with E-state index >= 15 is 0 Å². The van der Waals surface area contributed by atoms with Gasteiger partial charge in [-0.3, -0.25) is 0 Å². The summed E-state index contributed by atoms with van der Waals surface area (Å²) < 4.78 is 26.6. The molecule has 0 amide bonds. The van der Waals surface area contributed by atoms with Crippen LogP contribution in [0.5, 0.6) is 0 Å². The predicted molar refractivity (Wildman–Crippen MR) is 75.3 cm³/mol. The normalized spacial score (nSPS) is 11.6. The molecule has 2 aromatic heterocycles. The fraction of sp³-hybridized carbons (Fsp3) is 0.0769. The van der Waals surface area contributed by atoms with E-state index in [1.54, 1.807) is 42.2 Å². The Morgan fingerprint density at radius 2 is 1.95 bits per heavy atom. The predicted octanol–water partition coefficient (Wildman–Crippen LogP) is 2.22. The van der Waals surface area contributed by atoms with Gasteiger partial charge in [0.25, 0.3) is 0 Å². The molecule has 0 saturated carbocycles. The summed E-state index contributed by atoms with van der Waals surface area (Å²) in [6, 6.07) is 6.84. The van der Waals surface area contributed by atoms with E-state index in [-0.39, 0.29) is 9.24 Å². The number of aromatic nitrogens is 3. The van der Waals surface area contributed by atoms with Crippen molar-refractivity contribution in [1.82, 2.24) is 14.5 Å². The quantitative estimate of drug-likeness (QED) is 0.741. The van der Waals surface area contributed by atoms with Crippen LogP contribution in [-0.4, -0.2) is 23.0 Å². The summed E-state index contributed by atoms with van der Waals surface area (Å²) in [7, 11) is -3.49. The molecule has 2 heterocycles.